The summed E-state index contributed by atoms with van der Waals surface area (Å²) in [5.74, 6) is -0.467. The molecule has 1 aliphatic rings. The minimum Gasteiger partial charge on any atom is -0.379 e. The number of ether oxygens (including phenoxy) is 1. The monoisotopic (exact) mass is 435 g/mol. The largest absolute Gasteiger partial charge is 0.379 e. The first kappa shape index (κ1) is 21.1. The number of benzene rings is 2. The van der Waals surface area contributed by atoms with Gasteiger partial charge in [-0.25, -0.2) is 8.18 Å². The van der Waals surface area contributed by atoms with Crippen LogP contribution < -0.4 is 0 Å². The molecular formula is C23H21N3O4S. The molecule has 0 amide bonds. The van der Waals surface area contributed by atoms with Crippen LogP contribution in [0.2, 0.25) is 0 Å². The average molecular weight is 436 g/mol. The second-order valence-electron chi connectivity index (χ2n) is 7.22. The van der Waals surface area contributed by atoms with Crippen molar-refractivity contribution < 1.29 is 18.5 Å². The van der Waals surface area contributed by atoms with Crippen LogP contribution in [0.1, 0.15) is 32.8 Å². The van der Waals surface area contributed by atoms with Crippen LogP contribution in [0, 0.1) is 11.3 Å². The molecule has 1 aliphatic heterocycles. The Morgan fingerprint density at radius 1 is 1.06 bits per heavy atom. The number of ketones is 1. The summed E-state index contributed by atoms with van der Waals surface area (Å²) in [7, 11) is -2.16. The van der Waals surface area contributed by atoms with Crippen molar-refractivity contribution in [2.75, 3.05) is 26.3 Å². The van der Waals surface area contributed by atoms with Gasteiger partial charge in [-0.05, 0) is 17.7 Å². The third-order valence-electron chi connectivity index (χ3n) is 5.25. The van der Waals surface area contributed by atoms with Crippen LogP contribution in [-0.4, -0.2) is 50.3 Å². The van der Waals surface area contributed by atoms with Gasteiger partial charge in [-0.2, -0.15) is 5.26 Å². The predicted octanol–water partition coefficient (Wildman–Crippen LogP) is 2.92. The van der Waals surface area contributed by atoms with E-state index in [4.69, 9.17) is 10.00 Å². The lowest BCUT2D eigenvalue weighted by molar-refractivity contribution is 0.0344. The molecule has 1 fully saturated rings. The number of Topliss-reactive ketones (excluding diaryl/α,β-unsaturated/α-hetero) is 1. The van der Waals surface area contributed by atoms with Crippen LogP contribution in [0.3, 0.4) is 0 Å². The number of carbonyl (C=O) groups excluding carboxylic acids is 2. The van der Waals surface area contributed by atoms with Crippen molar-refractivity contribution in [1.82, 2.24) is 8.87 Å². The van der Waals surface area contributed by atoms with E-state index in [-0.39, 0.29) is 12.1 Å². The van der Waals surface area contributed by atoms with E-state index in [1.54, 1.807) is 42.5 Å². The first-order valence-corrected chi connectivity index (χ1v) is 11.1. The van der Waals surface area contributed by atoms with E-state index in [1.165, 1.54) is 3.97 Å². The zero-order valence-corrected chi connectivity index (χ0v) is 17.6. The van der Waals surface area contributed by atoms with Crippen LogP contribution in [0.25, 0.3) is 10.9 Å². The van der Waals surface area contributed by atoms with Gasteiger partial charge in [0.25, 0.3) is 5.12 Å². The maximum absolute atomic E-state index is 13.3. The molecule has 2 heterocycles. The standard InChI is InChI=1S/C23H21N3O4S/c24-10-9-22(27)21-15-19-18(16-25-11-13-30-14-12-25)7-4-8-20(19)26(21)31(29)23(28)17-5-2-1-3-6-17/h1-8,15H,9,11-14,16H2. The molecular weight excluding hydrogens is 414 g/mol. The van der Waals surface area contributed by atoms with Crippen LogP contribution >= 0.6 is 0 Å². The Morgan fingerprint density at radius 2 is 1.81 bits per heavy atom. The Balaban J connectivity index is 1.80. The van der Waals surface area contributed by atoms with Crippen molar-refractivity contribution in [3.63, 3.8) is 0 Å². The van der Waals surface area contributed by atoms with Gasteiger partial charge in [0.05, 0.1) is 24.8 Å². The molecule has 0 aliphatic carbocycles. The molecule has 0 N–H and O–H groups in total. The first-order chi connectivity index (χ1) is 15.1. The molecule has 4 rings (SSSR count). The fourth-order valence-corrected chi connectivity index (χ4v) is 4.87. The minimum absolute atomic E-state index is 0.105. The second-order valence-corrected chi connectivity index (χ2v) is 8.46. The van der Waals surface area contributed by atoms with Crippen molar-refractivity contribution in [2.45, 2.75) is 13.0 Å². The summed E-state index contributed by atoms with van der Waals surface area (Å²) in [6.07, 6.45) is -0.355. The molecule has 0 bridgehead atoms. The number of nitrogens with zero attached hydrogens (tertiary/aromatic N) is 3. The van der Waals surface area contributed by atoms with Gasteiger partial charge in [0.15, 0.2) is 16.8 Å². The van der Waals surface area contributed by atoms with Crippen molar-refractivity contribution in [2.24, 2.45) is 0 Å². The molecule has 158 valence electrons. The number of hydrogen-bond donors (Lipinski definition) is 0. The van der Waals surface area contributed by atoms with Gasteiger partial charge < -0.3 is 4.74 Å². The lowest BCUT2D eigenvalue weighted by Gasteiger charge is -2.26. The van der Waals surface area contributed by atoms with E-state index < -0.39 is 21.9 Å². The van der Waals surface area contributed by atoms with E-state index >= 15 is 0 Å². The summed E-state index contributed by atoms with van der Waals surface area (Å²) in [6.45, 7) is 3.58. The highest BCUT2D eigenvalue weighted by atomic mass is 32.2. The van der Waals surface area contributed by atoms with E-state index in [0.29, 0.717) is 30.8 Å². The molecule has 3 aromatic rings. The molecule has 8 heteroatoms. The zero-order chi connectivity index (χ0) is 21.8. The number of fused-ring (bicyclic) bond motifs is 1. The Bertz CT molecular complexity index is 1190. The second kappa shape index (κ2) is 9.35. The Kier molecular flexibility index (Phi) is 6.37. The fraction of sp³-hybridized carbons (Fsp3) is 0.261. The molecule has 1 unspecified atom stereocenters. The highest BCUT2D eigenvalue weighted by molar-refractivity contribution is 7.99. The number of morpholine rings is 1. The molecule has 0 spiro atoms. The van der Waals surface area contributed by atoms with Crippen molar-refractivity contribution >= 4 is 32.8 Å². The van der Waals surface area contributed by atoms with Crippen molar-refractivity contribution in [3.8, 4) is 6.07 Å². The lowest BCUT2D eigenvalue weighted by Crippen LogP contribution is -2.35. The van der Waals surface area contributed by atoms with Gasteiger partial charge in [0, 0.05) is 30.6 Å². The van der Waals surface area contributed by atoms with Gasteiger partial charge in [0.1, 0.15) is 12.1 Å². The molecule has 1 aromatic heterocycles. The summed E-state index contributed by atoms with van der Waals surface area (Å²) in [5.41, 5.74) is 1.91. The number of nitriles is 1. The van der Waals surface area contributed by atoms with Crippen molar-refractivity contribution in [1.29, 1.82) is 5.26 Å². The molecule has 2 aromatic carbocycles. The number of carbonyl (C=O) groups is 2. The first-order valence-electron chi connectivity index (χ1n) is 9.95. The molecule has 1 saturated heterocycles. The third-order valence-corrected chi connectivity index (χ3v) is 6.53. The third kappa shape index (κ3) is 4.35. The SMILES string of the molecule is N#CCC(=O)c1cc2c(CN3CCOCC3)cccc2n1S(=O)C(=O)c1ccccc1. The highest BCUT2D eigenvalue weighted by Crippen LogP contribution is 2.27. The Morgan fingerprint density at radius 3 is 2.52 bits per heavy atom. The summed E-state index contributed by atoms with van der Waals surface area (Å²) in [5, 5.41) is 9.18. The topological polar surface area (TPSA) is 92.4 Å². The predicted molar refractivity (Wildman–Crippen MR) is 117 cm³/mol. The number of hydrogen-bond acceptors (Lipinski definition) is 6. The van der Waals surface area contributed by atoms with E-state index in [0.717, 1.165) is 24.0 Å². The number of rotatable bonds is 6. The Labute approximate surface area is 182 Å². The van der Waals surface area contributed by atoms with Crippen LogP contribution in [0.5, 0.6) is 0 Å². The van der Waals surface area contributed by atoms with Crippen LogP contribution in [0.15, 0.2) is 54.6 Å². The summed E-state index contributed by atoms with van der Waals surface area (Å²) in [4.78, 5) is 27.8. The molecule has 31 heavy (non-hydrogen) atoms. The maximum atomic E-state index is 13.3. The Hall–Kier alpha value is -3.12. The average Bonchev–Trinajstić information content (AvgIpc) is 3.20. The molecule has 7 nitrogen and oxygen atoms in total. The lowest BCUT2D eigenvalue weighted by atomic mass is 10.1. The van der Waals surface area contributed by atoms with Gasteiger partial charge in [-0.3, -0.25) is 14.5 Å². The summed E-state index contributed by atoms with van der Waals surface area (Å²) < 4.78 is 20.0. The van der Waals surface area contributed by atoms with Gasteiger partial charge in [0.2, 0.25) is 0 Å². The van der Waals surface area contributed by atoms with E-state index in [9.17, 15) is 13.8 Å². The minimum atomic E-state index is -2.16. The maximum Gasteiger partial charge on any atom is 0.270 e. The summed E-state index contributed by atoms with van der Waals surface area (Å²) >= 11 is 0. The highest BCUT2D eigenvalue weighted by Gasteiger charge is 2.26. The number of aromatic nitrogens is 1. The fourth-order valence-electron chi connectivity index (χ4n) is 3.70. The van der Waals surface area contributed by atoms with Crippen LogP contribution in [0.4, 0.5) is 0 Å². The van der Waals surface area contributed by atoms with Gasteiger partial charge in [-0.15, -0.1) is 0 Å². The van der Waals surface area contributed by atoms with Crippen molar-refractivity contribution in [3.05, 3.63) is 71.4 Å². The van der Waals surface area contributed by atoms with Crippen LogP contribution in [-0.2, 0) is 22.3 Å². The van der Waals surface area contributed by atoms with E-state index in [1.807, 2.05) is 18.2 Å². The molecule has 0 radical (unpaired) electrons. The zero-order valence-electron chi connectivity index (χ0n) is 16.8. The van der Waals surface area contributed by atoms with Gasteiger partial charge in [-0.1, -0.05) is 42.5 Å². The van der Waals surface area contributed by atoms with E-state index in [2.05, 4.69) is 4.90 Å². The summed E-state index contributed by atoms with van der Waals surface area (Å²) in [6, 6.07) is 17.4. The van der Waals surface area contributed by atoms with Gasteiger partial charge >= 0.3 is 0 Å². The molecule has 1 atom stereocenters. The molecule has 0 saturated carbocycles. The quantitative estimate of drug-likeness (QED) is 0.553. The normalized spacial score (nSPS) is 15.5. The smallest absolute Gasteiger partial charge is 0.270 e.